The molecule has 11 heteroatoms. The van der Waals surface area contributed by atoms with E-state index < -0.39 is 11.6 Å². The number of imidazole rings is 1. The molecule has 2 aromatic carbocycles. The van der Waals surface area contributed by atoms with Crippen LogP contribution in [0, 0.1) is 5.82 Å². The van der Waals surface area contributed by atoms with E-state index in [0.717, 1.165) is 22.4 Å². The Morgan fingerprint density at radius 1 is 1.09 bits per heavy atom. The van der Waals surface area contributed by atoms with Gasteiger partial charge in [0.1, 0.15) is 5.82 Å². The lowest BCUT2D eigenvalue weighted by molar-refractivity contribution is 0.0948. The van der Waals surface area contributed by atoms with Gasteiger partial charge in [-0.1, -0.05) is 17.2 Å². The molecule has 0 aliphatic rings. The lowest BCUT2D eigenvalue weighted by atomic mass is 10.1. The third-order valence-electron chi connectivity index (χ3n) is 4.95. The summed E-state index contributed by atoms with van der Waals surface area (Å²) < 4.78 is 15.2. The van der Waals surface area contributed by atoms with E-state index in [2.05, 4.69) is 20.3 Å². The summed E-state index contributed by atoms with van der Waals surface area (Å²) in [6.45, 7) is 0.227. The molecule has 34 heavy (non-hydrogen) atoms. The van der Waals surface area contributed by atoms with Gasteiger partial charge in [-0.3, -0.25) is 19.1 Å². The Morgan fingerprint density at radius 3 is 2.53 bits per heavy atom. The van der Waals surface area contributed by atoms with Crippen molar-refractivity contribution in [2.75, 3.05) is 0 Å². The number of hydrogen-bond acceptors (Lipinski definition) is 5. The Hall–Kier alpha value is -5.02. The summed E-state index contributed by atoms with van der Waals surface area (Å²) in [4.78, 5) is 44.7. The minimum atomic E-state index is -0.691. The molecule has 4 aromatic rings. The minimum Gasteiger partial charge on any atom is -0.348 e. The van der Waals surface area contributed by atoms with Crippen molar-refractivity contribution in [1.29, 1.82) is 0 Å². The van der Waals surface area contributed by atoms with E-state index >= 15 is 0 Å². The molecule has 0 saturated heterocycles. The lowest BCUT2D eigenvalue weighted by Crippen LogP contribution is -2.27. The first-order valence-electron chi connectivity index (χ1n) is 9.95. The van der Waals surface area contributed by atoms with Gasteiger partial charge in [-0.15, -0.1) is 0 Å². The number of allylic oxidation sites excluding steroid dienone is 1. The van der Waals surface area contributed by atoms with Crippen molar-refractivity contribution in [3.8, 4) is 5.69 Å². The highest BCUT2D eigenvalue weighted by Gasteiger charge is 2.18. The van der Waals surface area contributed by atoms with Crippen LogP contribution in [0.4, 0.5) is 4.39 Å². The molecule has 0 aliphatic heterocycles. The summed E-state index contributed by atoms with van der Waals surface area (Å²) >= 11 is 0. The second kappa shape index (κ2) is 9.63. The van der Waals surface area contributed by atoms with Crippen LogP contribution in [-0.4, -0.2) is 25.9 Å². The molecule has 0 spiro atoms. The van der Waals surface area contributed by atoms with Crippen LogP contribution in [0.5, 0.6) is 0 Å². The molecule has 0 atom stereocenters. The van der Waals surface area contributed by atoms with Gasteiger partial charge in [-0.2, -0.15) is 0 Å². The number of pyridine rings is 1. The first kappa shape index (κ1) is 22.2. The molecule has 2 aromatic heterocycles. The molecule has 0 saturated carbocycles. The van der Waals surface area contributed by atoms with Gasteiger partial charge in [-0.05, 0) is 53.6 Å². The molecule has 0 bridgehead atoms. The molecule has 2 heterocycles. The van der Waals surface area contributed by atoms with Crippen molar-refractivity contribution in [2.24, 2.45) is 5.11 Å². The summed E-state index contributed by atoms with van der Waals surface area (Å²) in [5.74, 6) is -1.39. The van der Waals surface area contributed by atoms with Gasteiger partial charge < -0.3 is 5.32 Å². The second-order valence-electron chi connectivity index (χ2n) is 7.03. The Kier molecular flexibility index (Phi) is 6.29. The number of azide groups is 1. The van der Waals surface area contributed by atoms with E-state index in [9.17, 15) is 18.8 Å². The molecular weight excluding hydrogens is 441 g/mol. The van der Waals surface area contributed by atoms with Crippen molar-refractivity contribution < 1.29 is 14.0 Å². The molecule has 10 nitrogen and oxygen atoms in total. The topological polar surface area (TPSA) is 135 Å². The first-order chi connectivity index (χ1) is 16.5. The standard InChI is InChI=1S/C23H16FN7O3/c24-17-5-1-15(2-6-17)13-27-22(33)16-3-7-18(8-4-16)30-20-14-26-11-9-19(20)31(23(30)34)21(32)10-12-28-29-25/h1-12,14H,13H2,(H,27,33). The summed E-state index contributed by atoms with van der Waals surface area (Å²) in [6.07, 6.45) is 4.83. The lowest BCUT2D eigenvalue weighted by Gasteiger charge is -2.07. The fourth-order valence-corrected chi connectivity index (χ4v) is 3.36. The predicted octanol–water partition coefficient (Wildman–Crippen LogP) is 3.72. The van der Waals surface area contributed by atoms with Crippen LogP contribution < -0.4 is 11.0 Å². The van der Waals surface area contributed by atoms with E-state index in [1.165, 1.54) is 35.2 Å². The maximum atomic E-state index is 13.1. The van der Waals surface area contributed by atoms with Gasteiger partial charge >= 0.3 is 5.69 Å². The summed E-state index contributed by atoms with van der Waals surface area (Å²) in [5, 5.41) is 5.91. The Balaban J connectivity index is 1.62. The monoisotopic (exact) mass is 457 g/mol. The number of benzene rings is 2. The van der Waals surface area contributed by atoms with E-state index in [-0.39, 0.29) is 18.3 Å². The van der Waals surface area contributed by atoms with Crippen LogP contribution in [-0.2, 0) is 6.54 Å². The Bertz CT molecular complexity index is 1510. The van der Waals surface area contributed by atoms with Gasteiger partial charge in [0.05, 0.1) is 22.9 Å². The molecule has 0 aliphatic carbocycles. The fraction of sp³-hybridized carbons (Fsp3) is 0.0435. The number of rotatable bonds is 6. The SMILES string of the molecule is [N-]=[N+]=NC=CC(=O)n1c(=O)n(-c2ccc(C(=O)NCc3ccc(F)cc3)cc2)c2cnccc21. The Morgan fingerprint density at radius 2 is 1.82 bits per heavy atom. The highest BCUT2D eigenvalue weighted by atomic mass is 19.1. The van der Waals surface area contributed by atoms with E-state index in [1.807, 2.05) is 0 Å². The van der Waals surface area contributed by atoms with E-state index in [4.69, 9.17) is 5.53 Å². The van der Waals surface area contributed by atoms with Crippen molar-refractivity contribution >= 4 is 22.8 Å². The third-order valence-corrected chi connectivity index (χ3v) is 4.95. The van der Waals surface area contributed by atoms with E-state index in [1.54, 1.807) is 36.4 Å². The smallest absolute Gasteiger partial charge is 0.340 e. The number of aromatic nitrogens is 3. The zero-order valence-electron chi connectivity index (χ0n) is 17.5. The van der Waals surface area contributed by atoms with Crippen LogP contribution in [0.15, 0.2) is 89.2 Å². The number of nitrogens with zero attached hydrogens (tertiary/aromatic N) is 6. The van der Waals surface area contributed by atoms with Crippen molar-refractivity contribution in [2.45, 2.75) is 6.54 Å². The summed E-state index contributed by atoms with van der Waals surface area (Å²) in [5.41, 5.74) is 9.94. The summed E-state index contributed by atoms with van der Waals surface area (Å²) in [6, 6.07) is 13.6. The van der Waals surface area contributed by atoms with Crippen molar-refractivity contribution in [3.05, 3.63) is 117 Å². The van der Waals surface area contributed by atoms with E-state index in [0.29, 0.717) is 22.3 Å². The highest BCUT2D eigenvalue weighted by molar-refractivity contribution is 5.97. The number of amides is 1. The third kappa shape index (κ3) is 4.45. The molecular formula is C23H16FN7O3. The van der Waals surface area contributed by atoms with Crippen LogP contribution >= 0.6 is 0 Å². The number of hydrogen-bond donors (Lipinski definition) is 1. The van der Waals surface area contributed by atoms with Gasteiger partial charge in [0, 0.05) is 35.5 Å². The first-order valence-corrected chi connectivity index (χ1v) is 9.95. The molecule has 1 amide bonds. The van der Waals surface area contributed by atoms with Crippen LogP contribution in [0.25, 0.3) is 27.2 Å². The molecule has 1 N–H and O–H groups in total. The van der Waals surface area contributed by atoms with Crippen LogP contribution in [0.3, 0.4) is 0 Å². The second-order valence-corrected chi connectivity index (χ2v) is 7.03. The van der Waals surface area contributed by atoms with Gasteiger partial charge in [0.25, 0.3) is 11.8 Å². The molecule has 0 unspecified atom stereocenters. The average molecular weight is 457 g/mol. The number of nitrogens with one attached hydrogen (secondary N) is 1. The fourth-order valence-electron chi connectivity index (χ4n) is 3.36. The maximum absolute atomic E-state index is 13.1. The molecule has 0 radical (unpaired) electrons. The molecule has 168 valence electrons. The van der Waals surface area contributed by atoms with Crippen molar-refractivity contribution in [3.63, 3.8) is 0 Å². The van der Waals surface area contributed by atoms with Gasteiger partial charge in [0.2, 0.25) is 0 Å². The molecule has 0 fully saturated rings. The van der Waals surface area contributed by atoms with Gasteiger partial charge in [-0.25, -0.2) is 13.8 Å². The average Bonchev–Trinajstić information content (AvgIpc) is 3.15. The zero-order valence-corrected chi connectivity index (χ0v) is 17.5. The maximum Gasteiger partial charge on any atom is 0.340 e. The number of carbonyl (C=O) groups excluding carboxylic acids is 2. The largest absolute Gasteiger partial charge is 0.348 e. The minimum absolute atomic E-state index is 0.227. The number of fused-ring (bicyclic) bond motifs is 1. The number of carbonyl (C=O) groups is 2. The number of halogens is 1. The quantitative estimate of drug-likeness (QED) is 0.204. The Labute approximate surface area is 191 Å². The zero-order chi connectivity index (χ0) is 24.1. The van der Waals surface area contributed by atoms with Crippen molar-refractivity contribution in [1.82, 2.24) is 19.4 Å². The van der Waals surface area contributed by atoms with Gasteiger partial charge in [0.15, 0.2) is 0 Å². The predicted molar refractivity (Wildman–Crippen MR) is 122 cm³/mol. The normalized spacial score (nSPS) is 10.9. The molecule has 4 rings (SSSR count). The van der Waals surface area contributed by atoms with Crippen LogP contribution in [0.2, 0.25) is 0 Å². The highest BCUT2D eigenvalue weighted by Crippen LogP contribution is 2.17. The van der Waals surface area contributed by atoms with Crippen LogP contribution in [0.1, 0.15) is 20.7 Å². The summed E-state index contributed by atoms with van der Waals surface area (Å²) in [7, 11) is 0.